The van der Waals surface area contributed by atoms with Gasteiger partial charge in [0.05, 0.1) is 13.2 Å². The molecule has 0 spiro atoms. The molecule has 1 aliphatic rings. The van der Waals surface area contributed by atoms with E-state index in [2.05, 4.69) is 12.2 Å². The molecule has 1 rings (SSSR count). The molecule has 19 heavy (non-hydrogen) atoms. The summed E-state index contributed by atoms with van der Waals surface area (Å²) in [6, 6.07) is 0. The van der Waals surface area contributed by atoms with Crippen LogP contribution in [0.5, 0.6) is 0 Å². The van der Waals surface area contributed by atoms with E-state index in [1.807, 2.05) is 0 Å². The largest absolute Gasteiger partial charge is 0.383 e. The Hall–Kier alpha value is -0.120. The summed E-state index contributed by atoms with van der Waals surface area (Å²) in [6.45, 7) is 7.01. The molecule has 0 bridgehead atoms. The zero-order valence-electron chi connectivity index (χ0n) is 13.0. The number of methoxy groups -OCH3 is 1. The molecule has 1 aliphatic heterocycles. The normalized spacial score (nSPS) is 23.1. The minimum Gasteiger partial charge on any atom is -0.383 e. The SMILES string of the molecule is CCCCCCCCC1(CNCCOC)CCOC1. The van der Waals surface area contributed by atoms with Crippen LogP contribution in [-0.4, -0.2) is 40.0 Å². The van der Waals surface area contributed by atoms with Gasteiger partial charge in [0.25, 0.3) is 0 Å². The number of nitrogens with one attached hydrogen (secondary N) is 1. The van der Waals surface area contributed by atoms with E-state index in [0.29, 0.717) is 5.41 Å². The minimum atomic E-state index is 0.401. The second-order valence-corrected chi connectivity index (χ2v) is 5.99. The van der Waals surface area contributed by atoms with E-state index in [9.17, 15) is 0 Å². The lowest BCUT2D eigenvalue weighted by Gasteiger charge is -2.28. The van der Waals surface area contributed by atoms with E-state index >= 15 is 0 Å². The fourth-order valence-electron chi connectivity index (χ4n) is 2.88. The molecule has 0 aromatic rings. The lowest BCUT2D eigenvalue weighted by molar-refractivity contribution is 0.137. The van der Waals surface area contributed by atoms with Crippen LogP contribution in [0.3, 0.4) is 0 Å². The van der Waals surface area contributed by atoms with Crippen LogP contribution in [0.4, 0.5) is 0 Å². The van der Waals surface area contributed by atoms with Crippen LogP contribution in [0.15, 0.2) is 0 Å². The molecule has 1 unspecified atom stereocenters. The minimum absolute atomic E-state index is 0.401. The molecular weight excluding hydrogens is 238 g/mol. The lowest BCUT2D eigenvalue weighted by atomic mass is 9.81. The maximum Gasteiger partial charge on any atom is 0.0587 e. The molecule has 1 saturated heterocycles. The third-order valence-electron chi connectivity index (χ3n) is 4.23. The van der Waals surface area contributed by atoms with Crippen LogP contribution in [0.2, 0.25) is 0 Å². The summed E-state index contributed by atoms with van der Waals surface area (Å²) in [4.78, 5) is 0. The van der Waals surface area contributed by atoms with Crippen LogP contribution < -0.4 is 5.32 Å². The Morgan fingerprint density at radius 3 is 2.63 bits per heavy atom. The van der Waals surface area contributed by atoms with Crippen molar-refractivity contribution in [1.82, 2.24) is 5.32 Å². The van der Waals surface area contributed by atoms with Gasteiger partial charge >= 0.3 is 0 Å². The molecule has 3 nitrogen and oxygen atoms in total. The predicted molar refractivity (Wildman–Crippen MR) is 80.6 cm³/mol. The average Bonchev–Trinajstić information content (AvgIpc) is 2.88. The highest BCUT2D eigenvalue weighted by atomic mass is 16.5. The molecule has 0 radical (unpaired) electrons. The molecule has 1 atom stereocenters. The van der Waals surface area contributed by atoms with Crippen molar-refractivity contribution in [3.05, 3.63) is 0 Å². The molecular formula is C16H33NO2. The van der Waals surface area contributed by atoms with Crippen LogP contribution in [-0.2, 0) is 9.47 Å². The standard InChI is InChI=1S/C16H33NO2/c1-3-4-5-6-7-8-9-16(10-12-19-15-16)14-17-11-13-18-2/h17H,3-15H2,1-2H3. The first-order chi connectivity index (χ1) is 9.33. The molecule has 1 fully saturated rings. The summed E-state index contributed by atoms with van der Waals surface area (Å²) in [5.41, 5.74) is 0.401. The van der Waals surface area contributed by atoms with Gasteiger partial charge in [0.15, 0.2) is 0 Å². The van der Waals surface area contributed by atoms with Crippen LogP contribution >= 0.6 is 0 Å². The van der Waals surface area contributed by atoms with Crippen molar-refractivity contribution in [1.29, 1.82) is 0 Å². The van der Waals surface area contributed by atoms with E-state index in [-0.39, 0.29) is 0 Å². The Labute approximate surface area is 119 Å². The summed E-state index contributed by atoms with van der Waals surface area (Å²) in [7, 11) is 1.76. The van der Waals surface area contributed by atoms with Gasteiger partial charge in [-0.05, 0) is 12.8 Å². The zero-order valence-corrected chi connectivity index (χ0v) is 13.0. The summed E-state index contributed by atoms with van der Waals surface area (Å²) in [6.07, 6.45) is 10.8. The van der Waals surface area contributed by atoms with Crippen LogP contribution in [0, 0.1) is 5.41 Å². The monoisotopic (exact) mass is 271 g/mol. The van der Waals surface area contributed by atoms with Gasteiger partial charge in [0.2, 0.25) is 0 Å². The second-order valence-electron chi connectivity index (χ2n) is 5.99. The number of hydrogen-bond donors (Lipinski definition) is 1. The Morgan fingerprint density at radius 1 is 1.16 bits per heavy atom. The quantitative estimate of drug-likeness (QED) is 0.552. The van der Waals surface area contributed by atoms with Crippen molar-refractivity contribution in [2.24, 2.45) is 5.41 Å². The molecule has 0 saturated carbocycles. The molecule has 114 valence electrons. The highest BCUT2D eigenvalue weighted by Crippen LogP contribution is 2.33. The third kappa shape index (κ3) is 7.28. The van der Waals surface area contributed by atoms with Crippen LogP contribution in [0.1, 0.15) is 58.3 Å². The van der Waals surface area contributed by atoms with Gasteiger partial charge in [-0.1, -0.05) is 45.4 Å². The lowest BCUT2D eigenvalue weighted by Crippen LogP contribution is -2.36. The molecule has 0 aliphatic carbocycles. The molecule has 0 amide bonds. The van der Waals surface area contributed by atoms with Gasteiger partial charge in [-0.3, -0.25) is 0 Å². The second kappa shape index (κ2) is 10.6. The number of hydrogen-bond acceptors (Lipinski definition) is 3. The first-order valence-electron chi connectivity index (χ1n) is 8.10. The number of unbranched alkanes of at least 4 members (excludes halogenated alkanes) is 5. The fraction of sp³-hybridized carbons (Fsp3) is 1.00. The van der Waals surface area contributed by atoms with E-state index < -0.39 is 0 Å². The fourth-order valence-corrected chi connectivity index (χ4v) is 2.88. The van der Waals surface area contributed by atoms with Gasteiger partial charge in [0.1, 0.15) is 0 Å². The van der Waals surface area contributed by atoms with Gasteiger partial charge in [-0.25, -0.2) is 0 Å². The van der Waals surface area contributed by atoms with Crippen molar-refractivity contribution in [2.75, 3.05) is 40.0 Å². The van der Waals surface area contributed by atoms with E-state index in [1.54, 1.807) is 7.11 Å². The van der Waals surface area contributed by atoms with E-state index in [4.69, 9.17) is 9.47 Å². The summed E-state index contributed by atoms with van der Waals surface area (Å²) < 4.78 is 10.7. The van der Waals surface area contributed by atoms with Gasteiger partial charge < -0.3 is 14.8 Å². The van der Waals surface area contributed by atoms with Gasteiger partial charge in [-0.2, -0.15) is 0 Å². The summed E-state index contributed by atoms with van der Waals surface area (Å²) >= 11 is 0. The van der Waals surface area contributed by atoms with Crippen molar-refractivity contribution in [3.63, 3.8) is 0 Å². The topological polar surface area (TPSA) is 30.5 Å². The first kappa shape index (κ1) is 16.9. The third-order valence-corrected chi connectivity index (χ3v) is 4.23. The predicted octanol–water partition coefficient (Wildman–Crippen LogP) is 3.38. The smallest absolute Gasteiger partial charge is 0.0587 e. The Bertz CT molecular complexity index is 203. The maximum absolute atomic E-state index is 5.64. The zero-order chi connectivity index (χ0) is 13.8. The first-order valence-corrected chi connectivity index (χ1v) is 8.10. The summed E-state index contributed by atoms with van der Waals surface area (Å²) in [5.74, 6) is 0. The molecule has 0 aromatic carbocycles. The van der Waals surface area contributed by atoms with Crippen molar-refractivity contribution in [2.45, 2.75) is 58.3 Å². The number of rotatable bonds is 12. The van der Waals surface area contributed by atoms with Gasteiger partial charge in [-0.15, -0.1) is 0 Å². The number of ether oxygens (including phenoxy) is 2. The van der Waals surface area contributed by atoms with Crippen molar-refractivity contribution in [3.8, 4) is 0 Å². The Balaban J connectivity index is 2.12. The van der Waals surface area contributed by atoms with E-state index in [0.717, 1.165) is 32.9 Å². The average molecular weight is 271 g/mol. The molecule has 0 aromatic heterocycles. The van der Waals surface area contributed by atoms with Gasteiger partial charge in [0, 0.05) is 32.2 Å². The highest BCUT2D eigenvalue weighted by molar-refractivity contribution is 4.85. The Kier molecular flexibility index (Phi) is 9.48. The van der Waals surface area contributed by atoms with Crippen molar-refractivity contribution < 1.29 is 9.47 Å². The van der Waals surface area contributed by atoms with E-state index in [1.165, 1.54) is 51.4 Å². The molecule has 3 heteroatoms. The Morgan fingerprint density at radius 2 is 1.95 bits per heavy atom. The highest BCUT2D eigenvalue weighted by Gasteiger charge is 2.33. The maximum atomic E-state index is 5.64. The van der Waals surface area contributed by atoms with Crippen molar-refractivity contribution >= 4 is 0 Å². The van der Waals surface area contributed by atoms with Crippen LogP contribution in [0.25, 0.3) is 0 Å². The molecule has 1 heterocycles. The molecule has 1 N–H and O–H groups in total. The summed E-state index contributed by atoms with van der Waals surface area (Å²) in [5, 5.41) is 3.53.